The van der Waals surface area contributed by atoms with Gasteiger partial charge in [0.2, 0.25) is 0 Å². The first-order valence-corrected chi connectivity index (χ1v) is 6.70. The quantitative estimate of drug-likeness (QED) is 0.930. The van der Waals surface area contributed by atoms with Gasteiger partial charge in [0, 0.05) is 28.1 Å². The molecule has 2 aromatic carbocycles. The molecule has 1 N–H and O–H groups in total. The smallest absolute Gasteiger partial charge is 0.255 e. The van der Waals surface area contributed by atoms with E-state index in [1.165, 1.54) is 0 Å². The van der Waals surface area contributed by atoms with Gasteiger partial charge in [0.05, 0.1) is 0 Å². The first-order valence-electron chi connectivity index (χ1n) is 5.91. The molecule has 0 unspecified atom stereocenters. The van der Waals surface area contributed by atoms with Crippen LogP contribution in [0.3, 0.4) is 0 Å². The fourth-order valence-corrected chi connectivity index (χ4v) is 2.22. The van der Waals surface area contributed by atoms with Crippen LogP contribution >= 0.6 is 15.9 Å². The largest absolute Gasteiger partial charge is 0.550 e. The molecule has 0 saturated carbocycles. The second-order valence-corrected chi connectivity index (χ2v) is 5.09. The number of carbonyl (C=O) groups is 2. The highest BCUT2D eigenvalue weighted by molar-refractivity contribution is 9.10. The summed E-state index contributed by atoms with van der Waals surface area (Å²) in [4.78, 5) is 22.9. The van der Waals surface area contributed by atoms with Crippen LogP contribution in [0.1, 0.15) is 15.9 Å². The second kappa shape index (κ2) is 6.34. The number of carbonyl (C=O) groups excluding carboxylic acids is 2. The summed E-state index contributed by atoms with van der Waals surface area (Å²) in [6, 6.07) is 13.7. The standard InChI is InChI=1S/C15H12BrNO3/c16-11-5-3-6-12(9-11)17-15(20)13-7-2-1-4-10(13)8-14(18)19/h1-7,9H,8H2,(H,17,20)(H,18,19)/p-1. The molecule has 0 saturated heterocycles. The number of anilines is 1. The highest BCUT2D eigenvalue weighted by Crippen LogP contribution is 2.17. The van der Waals surface area contributed by atoms with Gasteiger partial charge in [0.1, 0.15) is 0 Å². The Morgan fingerprint density at radius 1 is 1.10 bits per heavy atom. The van der Waals surface area contributed by atoms with Crippen LogP contribution in [0.5, 0.6) is 0 Å². The van der Waals surface area contributed by atoms with E-state index in [0.717, 1.165) is 4.47 Å². The van der Waals surface area contributed by atoms with E-state index in [1.54, 1.807) is 42.5 Å². The fourth-order valence-electron chi connectivity index (χ4n) is 1.82. The molecule has 2 aromatic rings. The van der Waals surface area contributed by atoms with Crippen molar-refractivity contribution in [3.63, 3.8) is 0 Å². The molecular formula is C15H11BrNO3-. The summed E-state index contributed by atoms with van der Waals surface area (Å²) in [6.07, 6.45) is -0.290. The van der Waals surface area contributed by atoms with Crippen molar-refractivity contribution in [2.24, 2.45) is 0 Å². The summed E-state index contributed by atoms with van der Waals surface area (Å²) in [7, 11) is 0. The average Bonchev–Trinajstić information content (AvgIpc) is 2.38. The highest BCUT2D eigenvalue weighted by atomic mass is 79.9. The lowest BCUT2D eigenvalue weighted by Crippen LogP contribution is -2.26. The van der Waals surface area contributed by atoms with Crippen molar-refractivity contribution in [1.82, 2.24) is 0 Å². The molecule has 0 radical (unpaired) electrons. The summed E-state index contributed by atoms with van der Waals surface area (Å²) in [5.41, 5.74) is 1.39. The van der Waals surface area contributed by atoms with Crippen LogP contribution in [0, 0.1) is 0 Å². The van der Waals surface area contributed by atoms with Crippen LogP contribution in [0.15, 0.2) is 53.0 Å². The average molecular weight is 333 g/mol. The van der Waals surface area contributed by atoms with Gasteiger partial charge in [-0.15, -0.1) is 0 Å². The number of halogens is 1. The number of hydrogen-bond acceptors (Lipinski definition) is 3. The van der Waals surface area contributed by atoms with Gasteiger partial charge in [-0.05, 0) is 29.8 Å². The minimum absolute atomic E-state index is 0.290. The van der Waals surface area contributed by atoms with Crippen LogP contribution in [-0.4, -0.2) is 11.9 Å². The summed E-state index contributed by atoms with van der Waals surface area (Å²) in [5.74, 6) is -1.56. The van der Waals surface area contributed by atoms with Crippen LogP contribution < -0.4 is 10.4 Å². The van der Waals surface area contributed by atoms with Gasteiger partial charge in [-0.25, -0.2) is 0 Å². The molecule has 0 heterocycles. The molecule has 0 aliphatic heterocycles. The maximum atomic E-state index is 12.2. The number of carboxylic acid groups (broad SMARTS) is 1. The number of benzene rings is 2. The Bertz CT molecular complexity index is 655. The predicted octanol–water partition coefficient (Wildman–Crippen LogP) is 1.99. The van der Waals surface area contributed by atoms with E-state index in [0.29, 0.717) is 16.8 Å². The van der Waals surface area contributed by atoms with Crippen LogP contribution in [0.25, 0.3) is 0 Å². The maximum Gasteiger partial charge on any atom is 0.255 e. The van der Waals surface area contributed by atoms with Crippen molar-refractivity contribution < 1.29 is 14.7 Å². The Labute approximate surface area is 124 Å². The van der Waals surface area contributed by atoms with Gasteiger partial charge in [-0.3, -0.25) is 4.79 Å². The zero-order chi connectivity index (χ0) is 14.5. The van der Waals surface area contributed by atoms with E-state index in [-0.39, 0.29) is 12.3 Å². The summed E-state index contributed by atoms with van der Waals surface area (Å²) < 4.78 is 0.846. The molecule has 1 amide bonds. The molecule has 0 bridgehead atoms. The molecule has 0 aliphatic carbocycles. The first kappa shape index (κ1) is 14.3. The number of hydrogen-bond donors (Lipinski definition) is 1. The van der Waals surface area contributed by atoms with E-state index in [9.17, 15) is 14.7 Å². The predicted molar refractivity (Wildman–Crippen MR) is 77.2 cm³/mol. The Hall–Kier alpha value is -2.14. The van der Waals surface area contributed by atoms with Crippen molar-refractivity contribution in [3.05, 3.63) is 64.1 Å². The third-order valence-corrected chi connectivity index (χ3v) is 3.17. The Kier molecular flexibility index (Phi) is 4.53. The van der Waals surface area contributed by atoms with E-state index < -0.39 is 5.97 Å². The molecule has 2 rings (SSSR count). The molecule has 0 fully saturated rings. The van der Waals surface area contributed by atoms with Gasteiger partial charge < -0.3 is 15.2 Å². The number of carboxylic acids is 1. The molecule has 0 atom stereocenters. The summed E-state index contributed by atoms with van der Waals surface area (Å²) >= 11 is 3.32. The number of nitrogens with one attached hydrogen (secondary N) is 1. The highest BCUT2D eigenvalue weighted by Gasteiger charge is 2.11. The molecule has 0 aliphatic rings. The second-order valence-electron chi connectivity index (χ2n) is 4.17. The Balaban J connectivity index is 2.23. The molecule has 0 spiro atoms. The van der Waals surface area contributed by atoms with Gasteiger partial charge in [0.15, 0.2) is 0 Å². The number of rotatable bonds is 4. The lowest BCUT2D eigenvalue weighted by molar-refractivity contribution is -0.304. The van der Waals surface area contributed by atoms with Crippen molar-refractivity contribution in [2.75, 3.05) is 5.32 Å². The molecule has 102 valence electrons. The normalized spacial score (nSPS) is 10.1. The van der Waals surface area contributed by atoms with E-state index in [2.05, 4.69) is 21.2 Å². The summed E-state index contributed by atoms with van der Waals surface area (Å²) in [5, 5.41) is 13.4. The monoisotopic (exact) mass is 332 g/mol. The van der Waals surface area contributed by atoms with Crippen molar-refractivity contribution in [1.29, 1.82) is 0 Å². The van der Waals surface area contributed by atoms with Crippen molar-refractivity contribution >= 4 is 33.5 Å². The minimum atomic E-state index is -1.22. The lowest BCUT2D eigenvalue weighted by atomic mass is 10.0. The Morgan fingerprint density at radius 2 is 1.85 bits per heavy atom. The third kappa shape index (κ3) is 3.68. The Morgan fingerprint density at radius 3 is 2.55 bits per heavy atom. The number of aliphatic carboxylic acids is 1. The van der Waals surface area contributed by atoms with Gasteiger partial charge in [-0.2, -0.15) is 0 Å². The zero-order valence-electron chi connectivity index (χ0n) is 10.4. The SMILES string of the molecule is O=C([O-])Cc1ccccc1C(=O)Nc1cccc(Br)c1. The molecule has 0 aromatic heterocycles. The molecular weight excluding hydrogens is 322 g/mol. The first-order chi connectivity index (χ1) is 9.56. The van der Waals surface area contributed by atoms with Gasteiger partial charge in [-0.1, -0.05) is 40.2 Å². The van der Waals surface area contributed by atoms with Crippen molar-refractivity contribution in [2.45, 2.75) is 6.42 Å². The van der Waals surface area contributed by atoms with Crippen LogP contribution in [0.2, 0.25) is 0 Å². The summed E-state index contributed by atoms with van der Waals surface area (Å²) in [6.45, 7) is 0. The number of amides is 1. The van der Waals surface area contributed by atoms with E-state index in [4.69, 9.17) is 0 Å². The molecule has 4 nitrogen and oxygen atoms in total. The maximum absolute atomic E-state index is 12.2. The van der Waals surface area contributed by atoms with Gasteiger partial charge in [0.25, 0.3) is 5.91 Å². The molecule has 5 heteroatoms. The van der Waals surface area contributed by atoms with E-state index >= 15 is 0 Å². The van der Waals surface area contributed by atoms with Crippen molar-refractivity contribution in [3.8, 4) is 0 Å². The fraction of sp³-hybridized carbons (Fsp3) is 0.0667. The molecule has 20 heavy (non-hydrogen) atoms. The van der Waals surface area contributed by atoms with E-state index in [1.807, 2.05) is 6.07 Å². The topological polar surface area (TPSA) is 69.2 Å². The third-order valence-electron chi connectivity index (χ3n) is 2.68. The van der Waals surface area contributed by atoms with Crippen LogP contribution in [-0.2, 0) is 11.2 Å². The minimum Gasteiger partial charge on any atom is -0.550 e. The zero-order valence-corrected chi connectivity index (χ0v) is 12.0. The van der Waals surface area contributed by atoms with Crippen LogP contribution in [0.4, 0.5) is 5.69 Å². The lowest BCUT2D eigenvalue weighted by Gasteiger charge is -2.10. The van der Waals surface area contributed by atoms with Gasteiger partial charge >= 0.3 is 0 Å².